The van der Waals surface area contributed by atoms with E-state index in [-0.39, 0.29) is 27.8 Å². The van der Waals surface area contributed by atoms with Gasteiger partial charge in [-0.3, -0.25) is 9.29 Å². The van der Waals surface area contributed by atoms with Crippen LogP contribution in [0.3, 0.4) is 0 Å². The standard InChI is InChI=1S/C18H14ClF4N3O3S/c1-29-14-6-11(9-20)5-13(8-14)25-30(27,28)16-3-2-4-26(16)17-15(19)7-12(10-24-17)18(21,22)23/h2-8,10,25H,9H2,1H3. The molecule has 2 heterocycles. The second-order valence-corrected chi connectivity index (χ2v) is 8.09. The Bertz CT molecular complexity index is 1160. The van der Waals surface area contributed by atoms with E-state index in [1.165, 1.54) is 43.6 Å². The van der Waals surface area contributed by atoms with Crippen molar-refractivity contribution in [2.24, 2.45) is 0 Å². The number of alkyl halides is 4. The lowest BCUT2D eigenvalue weighted by molar-refractivity contribution is -0.137. The van der Waals surface area contributed by atoms with Gasteiger partial charge in [0.2, 0.25) is 0 Å². The summed E-state index contributed by atoms with van der Waals surface area (Å²) in [6.45, 7) is -0.840. The summed E-state index contributed by atoms with van der Waals surface area (Å²) in [4.78, 5) is 3.67. The summed E-state index contributed by atoms with van der Waals surface area (Å²) < 4.78 is 85.6. The van der Waals surface area contributed by atoms with E-state index in [0.29, 0.717) is 12.3 Å². The number of ether oxygens (including phenoxy) is 1. The molecule has 6 nitrogen and oxygen atoms in total. The first kappa shape index (κ1) is 21.9. The largest absolute Gasteiger partial charge is 0.497 e. The Morgan fingerprint density at radius 3 is 2.57 bits per heavy atom. The van der Waals surface area contributed by atoms with Crippen LogP contribution in [-0.2, 0) is 22.9 Å². The number of benzene rings is 1. The van der Waals surface area contributed by atoms with Crippen LogP contribution in [0.15, 0.2) is 53.8 Å². The Morgan fingerprint density at radius 2 is 1.97 bits per heavy atom. The first-order valence-electron chi connectivity index (χ1n) is 8.22. The van der Waals surface area contributed by atoms with Crippen molar-refractivity contribution < 1.29 is 30.7 Å². The second-order valence-electron chi connectivity index (χ2n) is 6.05. The number of rotatable bonds is 6. The van der Waals surface area contributed by atoms with Crippen molar-refractivity contribution in [3.63, 3.8) is 0 Å². The maximum atomic E-state index is 13.0. The predicted octanol–water partition coefficient (Wildman–Crippen LogP) is 4.82. The van der Waals surface area contributed by atoms with E-state index in [9.17, 15) is 26.0 Å². The second kappa shape index (κ2) is 8.15. The van der Waals surface area contributed by atoms with E-state index in [4.69, 9.17) is 16.3 Å². The van der Waals surface area contributed by atoms with Gasteiger partial charge in [0, 0.05) is 18.5 Å². The number of hydrogen-bond donors (Lipinski definition) is 1. The third-order valence-electron chi connectivity index (χ3n) is 3.97. The topological polar surface area (TPSA) is 73.2 Å². The van der Waals surface area contributed by atoms with Gasteiger partial charge in [-0.15, -0.1) is 0 Å². The van der Waals surface area contributed by atoms with E-state index in [1.54, 1.807) is 0 Å². The SMILES string of the molecule is COc1cc(CF)cc(NS(=O)(=O)c2cccn2-c2ncc(C(F)(F)F)cc2Cl)c1. The van der Waals surface area contributed by atoms with Crippen LogP contribution in [0, 0.1) is 0 Å². The molecule has 2 aromatic heterocycles. The zero-order valence-corrected chi connectivity index (χ0v) is 16.8. The lowest BCUT2D eigenvalue weighted by Crippen LogP contribution is -2.17. The normalized spacial score (nSPS) is 12.1. The molecule has 0 atom stereocenters. The van der Waals surface area contributed by atoms with E-state index in [0.717, 1.165) is 4.57 Å². The van der Waals surface area contributed by atoms with Crippen LogP contribution < -0.4 is 9.46 Å². The fraction of sp³-hybridized carbons (Fsp3) is 0.167. The molecule has 3 rings (SSSR count). The van der Waals surface area contributed by atoms with Crippen LogP contribution in [0.2, 0.25) is 5.02 Å². The summed E-state index contributed by atoms with van der Waals surface area (Å²) in [5.74, 6) is 0.0378. The molecule has 30 heavy (non-hydrogen) atoms. The lowest BCUT2D eigenvalue weighted by atomic mass is 10.2. The number of aromatic nitrogens is 2. The summed E-state index contributed by atoms with van der Waals surface area (Å²) in [6, 6.07) is 7.29. The van der Waals surface area contributed by atoms with E-state index >= 15 is 0 Å². The number of nitrogens with zero attached hydrogens (tertiary/aromatic N) is 2. The van der Waals surface area contributed by atoms with Gasteiger partial charge in [0.1, 0.15) is 12.4 Å². The molecule has 0 radical (unpaired) electrons. The summed E-state index contributed by atoms with van der Waals surface area (Å²) in [7, 11) is -2.89. The molecule has 0 bridgehead atoms. The number of anilines is 1. The Balaban J connectivity index is 2.00. The Hall–Kier alpha value is -2.79. The highest BCUT2D eigenvalue weighted by Crippen LogP contribution is 2.33. The van der Waals surface area contributed by atoms with Crippen LogP contribution in [0.1, 0.15) is 11.1 Å². The Kier molecular flexibility index (Phi) is 5.95. The number of nitrogens with one attached hydrogen (secondary N) is 1. The van der Waals surface area contributed by atoms with Crippen LogP contribution in [0.25, 0.3) is 5.82 Å². The molecule has 0 amide bonds. The van der Waals surface area contributed by atoms with Crippen molar-refractivity contribution in [2.45, 2.75) is 17.9 Å². The molecule has 0 aliphatic heterocycles. The van der Waals surface area contributed by atoms with Gasteiger partial charge in [-0.25, -0.2) is 9.37 Å². The van der Waals surface area contributed by atoms with E-state index < -0.39 is 33.5 Å². The number of pyridine rings is 1. The van der Waals surface area contributed by atoms with Gasteiger partial charge in [0.15, 0.2) is 10.8 Å². The van der Waals surface area contributed by atoms with Gasteiger partial charge in [-0.1, -0.05) is 11.6 Å². The molecule has 12 heteroatoms. The number of sulfonamides is 1. The molecule has 0 aliphatic carbocycles. The smallest absolute Gasteiger partial charge is 0.417 e. The highest BCUT2D eigenvalue weighted by Gasteiger charge is 2.32. The van der Waals surface area contributed by atoms with Crippen LogP contribution in [0.5, 0.6) is 5.75 Å². The maximum Gasteiger partial charge on any atom is 0.417 e. The quantitative estimate of drug-likeness (QED) is 0.532. The zero-order chi connectivity index (χ0) is 22.1. The molecule has 0 saturated heterocycles. The summed E-state index contributed by atoms with van der Waals surface area (Å²) in [5, 5.41) is -0.722. The maximum absolute atomic E-state index is 13.0. The molecular weight excluding hydrogens is 450 g/mol. The fourth-order valence-electron chi connectivity index (χ4n) is 2.64. The highest BCUT2D eigenvalue weighted by molar-refractivity contribution is 7.92. The molecule has 3 aromatic rings. The van der Waals surface area contributed by atoms with Gasteiger partial charge in [-0.2, -0.15) is 21.6 Å². The highest BCUT2D eigenvalue weighted by atomic mass is 35.5. The van der Waals surface area contributed by atoms with Gasteiger partial charge >= 0.3 is 6.18 Å². The predicted molar refractivity (Wildman–Crippen MR) is 102 cm³/mol. The fourth-order valence-corrected chi connectivity index (χ4v) is 4.10. The molecular formula is C18H14ClF4N3O3S. The Labute approximate surface area is 174 Å². The molecule has 1 N–H and O–H groups in total. The first-order chi connectivity index (χ1) is 14.0. The summed E-state index contributed by atoms with van der Waals surface area (Å²) in [6.07, 6.45) is -2.81. The van der Waals surface area contributed by atoms with Gasteiger partial charge in [-0.05, 0) is 35.9 Å². The van der Waals surface area contributed by atoms with Crippen molar-refractivity contribution in [3.05, 3.63) is 64.9 Å². The van der Waals surface area contributed by atoms with Crippen molar-refractivity contribution in [3.8, 4) is 11.6 Å². The van der Waals surface area contributed by atoms with E-state index in [1.807, 2.05) is 0 Å². The molecule has 0 aliphatic rings. The molecule has 0 unspecified atom stereocenters. The summed E-state index contributed by atoms with van der Waals surface area (Å²) >= 11 is 5.93. The number of hydrogen-bond acceptors (Lipinski definition) is 4. The molecule has 0 fully saturated rings. The average molecular weight is 464 g/mol. The zero-order valence-electron chi connectivity index (χ0n) is 15.2. The minimum Gasteiger partial charge on any atom is -0.497 e. The average Bonchev–Trinajstić information content (AvgIpc) is 3.17. The van der Waals surface area contributed by atoms with Crippen LogP contribution in [0.4, 0.5) is 23.2 Å². The van der Waals surface area contributed by atoms with Crippen molar-refractivity contribution in [1.29, 1.82) is 0 Å². The van der Waals surface area contributed by atoms with Gasteiger partial charge in [0.05, 0.1) is 23.4 Å². The number of halogens is 5. The number of methoxy groups -OCH3 is 1. The van der Waals surface area contributed by atoms with Crippen molar-refractivity contribution >= 4 is 27.3 Å². The molecule has 0 spiro atoms. The van der Waals surface area contributed by atoms with Gasteiger partial charge in [0.25, 0.3) is 10.0 Å². The molecule has 0 saturated carbocycles. The third kappa shape index (κ3) is 4.51. The van der Waals surface area contributed by atoms with Gasteiger partial charge < -0.3 is 4.74 Å². The summed E-state index contributed by atoms with van der Waals surface area (Å²) in [5.41, 5.74) is -0.836. The lowest BCUT2D eigenvalue weighted by Gasteiger charge is -2.14. The minimum atomic E-state index is -4.65. The van der Waals surface area contributed by atoms with Crippen molar-refractivity contribution in [2.75, 3.05) is 11.8 Å². The third-order valence-corrected chi connectivity index (χ3v) is 5.64. The first-order valence-corrected chi connectivity index (χ1v) is 10.1. The van der Waals surface area contributed by atoms with Crippen LogP contribution in [-0.4, -0.2) is 25.1 Å². The minimum absolute atomic E-state index is 0.0428. The Morgan fingerprint density at radius 1 is 1.23 bits per heavy atom. The van der Waals surface area contributed by atoms with Crippen molar-refractivity contribution in [1.82, 2.24) is 9.55 Å². The van der Waals surface area contributed by atoms with E-state index in [2.05, 4.69) is 9.71 Å². The molecule has 160 valence electrons. The van der Waals surface area contributed by atoms with Crippen LogP contribution >= 0.6 is 11.6 Å². The molecule has 1 aromatic carbocycles. The monoisotopic (exact) mass is 463 g/mol.